The van der Waals surface area contributed by atoms with Crippen molar-refractivity contribution >= 4 is 30.2 Å². The van der Waals surface area contributed by atoms with Crippen molar-refractivity contribution in [3.63, 3.8) is 0 Å². The van der Waals surface area contributed by atoms with E-state index in [1.807, 2.05) is 0 Å². The number of rotatable bonds is 7. The predicted octanol–water partition coefficient (Wildman–Crippen LogP) is 5.78. The molecule has 1 atom stereocenters. The summed E-state index contributed by atoms with van der Waals surface area (Å²) in [6.45, 7) is 9.58. The van der Waals surface area contributed by atoms with Crippen LogP contribution in [-0.4, -0.2) is 6.61 Å². The van der Waals surface area contributed by atoms with E-state index in [-0.39, 0.29) is 0 Å². The maximum atomic E-state index is 5.92. The van der Waals surface area contributed by atoms with Crippen LogP contribution in [0.4, 0.5) is 0 Å². The lowest BCUT2D eigenvalue weighted by molar-refractivity contribution is 0.289. The second-order valence-electron chi connectivity index (χ2n) is 5.61. The summed E-state index contributed by atoms with van der Waals surface area (Å²) in [5, 5.41) is 1.72. The van der Waals surface area contributed by atoms with Gasteiger partial charge in [-0.3, -0.25) is 0 Å². The molecule has 1 aromatic carbocycles. The smallest absolute Gasteiger partial charge is 0.127 e. The van der Waals surface area contributed by atoms with Crippen molar-refractivity contribution in [3.8, 4) is 5.75 Å². The third-order valence-electron chi connectivity index (χ3n) is 3.54. The fraction of sp³-hybridized carbons (Fsp3) is 0.529. The van der Waals surface area contributed by atoms with E-state index in [1.165, 1.54) is 5.56 Å². The molecule has 0 heterocycles. The highest BCUT2D eigenvalue weighted by molar-refractivity contribution is 7.92. The first-order valence-corrected chi connectivity index (χ1v) is 8.26. The van der Waals surface area contributed by atoms with Crippen LogP contribution in [0.5, 0.6) is 5.75 Å². The Bertz CT molecular complexity index is 452. The molecule has 1 aromatic rings. The highest BCUT2D eigenvalue weighted by atomic mass is 32.1. The normalized spacial score (nSPS) is 13.7. The predicted molar refractivity (Wildman–Crippen MR) is 96.0 cm³/mol. The highest BCUT2D eigenvalue weighted by Crippen LogP contribution is 2.33. The van der Waals surface area contributed by atoms with Crippen molar-refractivity contribution in [1.82, 2.24) is 0 Å². The van der Waals surface area contributed by atoms with Gasteiger partial charge >= 0.3 is 0 Å². The van der Waals surface area contributed by atoms with E-state index in [9.17, 15) is 0 Å². The second-order valence-corrected chi connectivity index (χ2v) is 6.35. The number of ether oxygens (including phenoxy) is 1. The Morgan fingerprint density at radius 3 is 2.55 bits per heavy atom. The molecule has 1 rings (SSSR count). The quantitative estimate of drug-likeness (QED) is 0.607. The number of hydrogen-bond acceptors (Lipinski definition) is 3. The minimum Gasteiger partial charge on any atom is -0.493 e. The summed E-state index contributed by atoms with van der Waals surface area (Å²) in [6.07, 6.45) is 2.18. The SMILES string of the molecule is CCC(C)c1ccc(OCCC(C)C)c(/C(S)=C/S)c1. The molecular weight excluding hydrogens is 284 g/mol. The molecule has 0 aromatic heterocycles. The lowest BCUT2D eigenvalue weighted by Gasteiger charge is -2.16. The Morgan fingerprint density at radius 1 is 1.30 bits per heavy atom. The summed E-state index contributed by atoms with van der Waals surface area (Å²) in [7, 11) is 0. The number of benzene rings is 1. The average molecular weight is 311 g/mol. The average Bonchev–Trinajstić information content (AvgIpc) is 2.45. The topological polar surface area (TPSA) is 9.23 Å². The van der Waals surface area contributed by atoms with Gasteiger partial charge in [0.15, 0.2) is 0 Å². The molecule has 1 nitrogen and oxygen atoms in total. The summed E-state index contributed by atoms with van der Waals surface area (Å²) < 4.78 is 5.92. The summed E-state index contributed by atoms with van der Waals surface area (Å²) in [4.78, 5) is 0.845. The Balaban J connectivity index is 2.98. The van der Waals surface area contributed by atoms with E-state index < -0.39 is 0 Å². The molecule has 0 aliphatic carbocycles. The van der Waals surface area contributed by atoms with Crippen LogP contribution in [-0.2, 0) is 0 Å². The van der Waals surface area contributed by atoms with Crippen LogP contribution < -0.4 is 4.74 Å². The molecule has 20 heavy (non-hydrogen) atoms. The van der Waals surface area contributed by atoms with E-state index in [0.717, 1.165) is 35.7 Å². The molecule has 0 saturated carbocycles. The number of hydrogen-bond donors (Lipinski definition) is 2. The Hall–Kier alpha value is -0.540. The van der Waals surface area contributed by atoms with E-state index in [0.29, 0.717) is 11.8 Å². The fourth-order valence-electron chi connectivity index (χ4n) is 1.89. The van der Waals surface area contributed by atoms with Crippen molar-refractivity contribution < 1.29 is 4.74 Å². The minimum atomic E-state index is 0.541. The Kier molecular flexibility index (Phi) is 7.60. The van der Waals surface area contributed by atoms with Crippen molar-refractivity contribution in [2.45, 2.75) is 46.5 Å². The molecule has 0 saturated heterocycles. The first-order chi connectivity index (χ1) is 9.49. The van der Waals surface area contributed by atoms with Gasteiger partial charge < -0.3 is 4.74 Å². The van der Waals surface area contributed by atoms with Crippen molar-refractivity contribution in [2.24, 2.45) is 5.92 Å². The molecule has 0 spiro atoms. The zero-order chi connectivity index (χ0) is 15.1. The van der Waals surface area contributed by atoms with Crippen molar-refractivity contribution in [3.05, 3.63) is 34.7 Å². The maximum absolute atomic E-state index is 5.92. The van der Waals surface area contributed by atoms with Crippen LogP contribution in [0.15, 0.2) is 23.6 Å². The molecule has 0 aliphatic heterocycles. The van der Waals surface area contributed by atoms with Crippen LogP contribution in [0, 0.1) is 5.92 Å². The molecule has 3 heteroatoms. The van der Waals surface area contributed by atoms with Crippen molar-refractivity contribution in [1.29, 1.82) is 0 Å². The van der Waals surface area contributed by atoms with Crippen molar-refractivity contribution in [2.75, 3.05) is 6.61 Å². The molecular formula is C17H26OS2. The molecule has 0 aliphatic rings. The number of thiol groups is 2. The molecule has 0 N–H and O–H groups in total. The first kappa shape index (κ1) is 17.5. The van der Waals surface area contributed by atoms with Gasteiger partial charge in [-0.25, -0.2) is 0 Å². The Morgan fingerprint density at radius 2 is 2.00 bits per heavy atom. The molecule has 0 amide bonds. The summed E-state index contributed by atoms with van der Waals surface area (Å²) in [5.41, 5.74) is 2.35. The lowest BCUT2D eigenvalue weighted by Crippen LogP contribution is -2.03. The zero-order valence-corrected chi connectivity index (χ0v) is 14.7. The van der Waals surface area contributed by atoms with Gasteiger partial charge in [0.05, 0.1) is 6.61 Å². The molecule has 112 valence electrons. The Labute approximate surface area is 134 Å². The van der Waals surface area contributed by atoms with Gasteiger partial charge in [0, 0.05) is 10.5 Å². The van der Waals surface area contributed by atoms with Crippen LogP contribution in [0.25, 0.3) is 4.91 Å². The maximum Gasteiger partial charge on any atom is 0.127 e. The van der Waals surface area contributed by atoms with Crippen LogP contribution in [0.3, 0.4) is 0 Å². The summed E-state index contributed by atoms with van der Waals surface area (Å²) >= 11 is 8.71. The fourth-order valence-corrected chi connectivity index (χ4v) is 2.20. The van der Waals surface area contributed by atoms with Gasteiger partial charge in [0.2, 0.25) is 0 Å². The standard InChI is InChI=1S/C17H26OS2/c1-5-13(4)14-6-7-16(18-9-8-12(2)3)15(10-14)17(20)11-19/h6-7,10-13,19-20H,5,8-9H2,1-4H3/b17-11-. The monoisotopic (exact) mass is 310 g/mol. The summed E-state index contributed by atoms with van der Waals surface area (Å²) in [5.74, 6) is 2.08. The van der Waals surface area contributed by atoms with E-state index in [4.69, 9.17) is 4.74 Å². The third-order valence-corrected chi connectivity index (χ3v) is 4.37. The van der Waals surface area contributed by atoms with Crippen LogP contribution in [0.1, 0.15) is 57.6 Å². The van der Waals surface area contributed by atoms with Gasteiger partial charge in [-0.1, -0.05) is 33.8 Å². The van der Waals surface area contributed by atoms with E-state index in [2.05, 4.69) is 71.2 Å². The minimum absolute atomic E-state index is 0.541. The van der Waals surface area contributed by atoms with Gasteiger partial charge in [0.1, 0.15) is 5.75 Å². The van der Waals surface area contributed by atoms with E-state index >= 15 is 0 Å². The zero-order valence-electron chi connectivity index (χ0n) is 12.9. The molecule has 0 radical (unpaired) electrons. The summed E-state index contributed by atoms with van der Waals surface area (Å²) in [6, 6.07) is 6.39. The van der Waals surface area contributed by atoms with E-state index in [1.54, 1.807) is 5.41 Å². The second kappa shape index (κ2) is 8.68. The molecule has 1 unspecified atom stereocenters. The highest BCUT2D eigenvalue weighted by Gasteiger charge is 2.11. The third kappa shape index (κ3) is 5.10. The largest absolute Gasteiger partial charge is 0.493 e. The van der Waals surface area contributed by atoms with Crippen LogP contribution in [0.2, 0.25) is 0 Å². The van der Waals surface area contributed by atoms with Gasteiger partial charge in [0.25, 0.3) is 0 Å². The molecule has 0 bridgehead atoms. The lowest BCUT2D eigenvalue weighted by atomic mass is 9.96. The molecule has 0 fully saturated rings. The van der Waals surface area contributed by atoms with Gasteiger partial charge in [-0.2, -0.15) is 12.6 Å². The first-order valence-electron chi connectivity index (χ1n) is 7.30. The van der Waals surface area contributed by atoms with Gasteiger partial charge in [-0.15, -0.1) is 12.6 Å². The van der Waals surface area contributed by atoms with Crippen LogP contribution >= 0.6 is 25.3 Å². The van der Waals surface area contributed by atoms with Gasteiger partial charge in [-0.05, 0) is 47.8 Å².